The van der Waals surface area contributed by atoms with Crippen LogP contribution in [0.4, 0.5) is 5.69 Å². The molecule has 1 aromatic heterocycles. The number of aromatic nitrogens is 1. The molecule has 0 spiro atoms. The van der Waals surface area contributed by atoms with Crippen molar-refractivity contribution < 1.29 is 4.42 Å². The smallest absolute Gasteiger partial charge is 0.133 e. The van der Waals surface area contributed by atoms with Crippen molar-refractivity contribution >= 4 is 28.2 Å². The average Bonchev–Trinajstić information content (AvgIpc) is 3.32. The number of benzene rings is 1. The van der Waals surface area contributed by atoms with E-state index in [2.05, 4.69) is 50.4 Å². The van der Waals surface area contributed by atoms with Crippen LogP contribution in [0.25, 0.3) is 22.2 Å². The molecule has 6 rings (SSSR count). The SMILES string of the molecule is Clc1cc(N2CCC(N3CCNCC3c3coc4cccc-4c3)CC2)c2ncccc2c1. The lowest BCUT2D eigenvalue weighted by atomic mass is 9.96. The first-order valence-corrected chi connectivity index (χ1v) is 11.9. The van der Waals surface area contributed by atoms with Gasteiger partial charge in [-0.2, -0.15) is 0 Å². The average molecular weight is 447 g/mol. The molecule has 2 saturated heterocycles. The van der Waals surface area contributed by atoms with Crippen molar-refractivity contribution in [2.24, 2.45) is 0 Å². The minimum atomic E-state index is 0.344. The molecule has 32 heavy (non-hydrogen) atoms. The molecule has 1 aromatic carbocycles. The van der Waals surface area contributed by atoms with Crippen LogP contribution < -0.4 is 10.2 Å². The van der Waals surface area contributed by atoms with Crippen LogP contribution in [0.2, 0.25) is 5.02 Å². The first-order chi connectivity index (χ1) is 15.8. The van der Waals surface area contributed by atoms with E-state index in [1.165, 1.54) is 11.1 Å². The third-order valence-corrected chi connectivity index (χ3v) is 7.26. The van der Waals surface area contributed by atoms with E-state index in [1.807, 2.05) is 30.7 Å². The van der Waals surface area contributed by atoms with Crippen molar-refractivity contribution in [3.63, 3.8) is 0 Å². The van der Waals surface area contributed by atoms with E-state index in [0.717, 1.165) is 72.9 Å². The fraction of sp³-hybridized carbons (Fsp3) is 0.346. The van der Waals surface area contributed by atoms with Crippen molar-refractivity contribution in [2.45, 2.75) is 24.9 Å². The van der Waals surface area contributed by atoms with E-state index < -0.39 is 0 Å². The topological polar surface area (TPSA) is 44.5 Å². The molecule has 0 radical (unpaired) electrons. The van der Waals surface area contributed by atoms with E-state index >= 15 is 0 Å². The van der Waals surface area contributed by atoms with E-state index in [9.17, 15) is 0 Å². The summed E-state index contributed by atoms with van der Waals surface area (Å²) in [5.74, 6) is 0.958. The summed E-state index contributed by atoms with van der Waals surface area (Å²) in [6.45, 7) is 5.09. The van der Waals surface area contributed by atoms with Crippen LogP contribution in [0.1, 0.15) is 24.4 Å². The lowest BCUT2D eigenvalue weighted by molar-refractivity contribution is 0.0888. The Kier molecular flexibility index (Phi) is 5.26. The number of hydrogen-bond donors (Lipinski definition) is 1. The van der Waals surface area contributed by atoms with Crippen molar-refractivity contribution in [3.05, 3.63) is 71.6 Å². The number of piperidine rings is 1. The minimum absolute atomic E-state index is 0.344. The molecule has 3 aliphatic heterocycles. The minimum Gasteiger partial charge on any atom is -0.464 e. The summed E-state index contributed by atoms with van der Waals surface area (Å²) in [4.78, 5) is 9.80. The van der Waals surface area contributed by atoms with E-state index in [4.69, 9.17) is 16.0 Å². The molecule has 5 nitrogen and oxygen atoms in total. The highest BCUT2D eigenvalue weighted by Crippen LogP contribution is 2.35. The predicted molar refractivity (Wildman–Crippen MR) is 130 cm³/mol. The van der Waals surface area contributed by atoms with Crippen molar-refractivity contribution in [3.8, 4) is 11.3 Å². The normalized spacial score (nSPS) is 20.9. The quantitative estimate of drug-likeness (QED) is 0.468. The van der Waals surface area contributed by atoms with Gasteiger partial charge in [0.25, 0.3) is 0 Å². The summed E-state index contributed by atoms with van der Waals surface area (Å²) in [6.07, 6.45) is 6.08. The molecule has 4 heterocycles. The molecule has 2 fully saturated rings. The monoisotopic (exact) mass is 446 g/mol. The predicted octanol–water partition coefficient (Wildman–Crippen LogP) is 5.20. The van der Waals surface area contributed by atoms with Crippen LogP contribution in [0.15, 0.2) is 65.4 Å². The summed E-state index contributed by atoms with van der Waals surface area (Å²) < 4.78 is 5.92. The number of anilines is 1. The highest BCUT2D eigenvalue weighted by atomic mass is 35.5. The number of hydrogen-bond acceptors (Lipinski definition) is 5. The molecule has 1 N–H and O–H groups in total. The van der Waals surface area contributed by atoms with Gasteiger partial charge in [-0.15, -0.1) is 0 Å². The third kappa shape index (κ3) is 3.64. The second-order valence-electron chi connectivity index (χ2n) is 8.90. The molecule has 2 aromatic rings. The van der Waals surface area contributed by atoms with Gasteiger partial charge in [0.15, 0.2) is 0 Å². The molecule has 0 saturated carbocycles. The summed E-state index contributed by atoms with van der Waals surface area (Å²) >= 11 is 6.44. The van der Waals surface area contributed by atoms with Crippen molar-refractivity contribution in [2.75, 3.05) is 37.6 Å². The molecule has 6 heteroatoms. The van der Waals surface area contributed by atoms with Gasteiger partial charge in [0.1, 0.15) is 5.76 Å². The molecule has 1 aliphatic carbocycles. The molecule has 4 aliphatic rings. The fourth-order valence-corrected chi connectivity index (χ4v) is 5.67. The summed E-state index contributed by atoms with van der Waals surface area (Å²) in [7, 11) is 0. The maximum atomic E-state index is 6.44. The zero-order valence-electron chi connectivity index (χ0n) is 18.0. The Morgan fingerprint density at radius 1 is 1.03 bits per heavy atom. The lowest BCUT2D eigenvalue weighted by Crippen LogP contribution is -2.53. The number of piperazine rings is 1. The molecule has 1 atom stereocenters. The Morgan fingerprint density at radius 2 is 1.94 bits per heavy atom. The Labute approximate surface area is 193 Å². The largest absolute Gasteiger partial charge is 0.464 e. The lowest BCUT2D eigenvalue weighted by Gasteiger charge is -2.45. The zero-order chi connectivity index (χ0) is 21.5. The van der Waals surface area contributed by atoms with Crippen LogP contribution in [0, 0.1) is 0 Å². The highest BCUT2D eigenvalue weighted by Gasteiger charge is 2.33. The van der Waals surface area contributed by atoms with Crippen LogP contribution in [0.5, 0.6) is 0 Å². The van der Waals surface area contributed by atoms with Gasteiger partial charge in [0.2, 0.25) is 0 Å². The van der Waals surface area contributed by atoms with Crippen molar-refractivity contribution in [1.29, 1.82) is 0 Å². The fourth-order valence-electron chi connectivity index (χ4n) is 5.45. The molecule has 0 bridgehead atoms. The van der Waals surface area contributed by atoms with Gasteiger partial charge in [0.05, 0.1) is 23.5 Å². The van der Waals surface area contributed by atoms with Gasteiger partial charge >= 0.3 is 0 Å². The number of fused-ring (bicyclic) bond motifs is 2. The van der Waals surface area contributed by atoms with Gasteiger partial charge in [-0.25, -0.2) is 0 Å². The molecule has 0 amide bonds. The molecule has 164 valence electrons. The van der Waals surface area contributed by atoms with Crippen molar-refractivity contribution in [1.82, 2.24) is 15.2 Å². The molecular weight excluding hydrogens is 420 g/mol. The summed E-state index contributed by atoms with van der Waals surface area (Å²) in [5, 5.41) is 5.47. The second kappa shape index (κ2) is 8.39. The van der Waals surface area contributed by atoms with Crippen LogP contribution >= 0.6 is 11.6 Å². The number of pyridine rings is 1. The van der Waals surface area contributed by atoms with E-state index in [-0.39, 0.29) is 0 Å². The molecule has 1 unspecified atom stereocenters. The second-order valence-corrected chi connectivity index (χ2v) is 9.34. The molecular formula is C26H27ClN4O. The van der Waals surface area contributed by atoms with Crippen LogP contribution in [-0.4, -0.2) is 48.6 Å². The van der Waals surface area contributed by atoms with Crippen LogP contribution in [-0.2, 0) is 0 Å². The Bertz CT molecular complexity index is 1200. The number of rotatable bonds is 3. The van der Waals surface area contributed by atoms with Crippen LogP contribution in [0.3, 0.4) is 0 Å². The Balaban J connectivity index is 1.22. The Morgan fingerprint density at radius 3 is 2.84 bits per heavy atom. The zero-order valence-corrected chi connectivity index (χ0v) is 18.8. The first-order valence-electron chi connectivity index (χ1n) is 11.5. The Hall–Kier alpha value is -2.60. The number of nitrogens with zero attached hydrogens (tertiary/aromatic N) is 3. The number of halogens is 1. The van der Waals surface area contributed by atoms with Gasteiger partial charge < -0.3 is 14.6 Å². The third-order valence-electron chi connectivity index (χ3n) is 7.05. The maximum absolute atomic E-state index is 6.44. The standard InChI is InChI=1S/C26H27ClN4O/c27-21-14-19-4-2-8-29-26(19)23(15-21)30-10-6-22(7-11-30)31-12-9-28-16-24(31)20-13-18-3-1-5-25(18)32-17-20/h1-5,8,13-15,17,22,24,28H,6-7,9-12,16H2. The van der Waals surface area contributed by atoms with Gasteiger partial charge in [-0.1, -0.05) is 29.8 Å². The van der Waals surface area contributed by atoms with E-state index in [0.29, 0.717) is 12.1 Å². The summed E-state index contributed by atoms with van der Waals surface area (Å²) in [6, 6.07) is 17.5. The van der Waals surface area contributed by atoms with E-state index in [1.54, 1.807) is 0 Å². The van der Waals surface area contributed by atoms with Gasteiger partial charge in [0, 0.05) is 66.5 Å². The maximum Gasteiger partial charge on any atom is 0.133 e. The number of nitrogens with one attached hydrogen (secondary N) is 1. The van der Waals surface area contributed by atoms with Gasteiger partial charge in [-0.05, 0) is 43.2 Å². The summed E-state index contributed by atoms with van der Waals surface area (Å²) in [5.41, 5.74) is 4.65. The highest BCUT2D eigenvalue weighted by molar-refractivity contribution is 6.31. The first kappa shape index (κ1) is 20.0. The van der Waals surface area contributed by atoms with Gasteiger partial charge in [-0.3, -0.25) is 9.88 Å².